The maximum atomic E-state index is 12.1. The minimum atomic E-state index is -0.537. The first-order valence-electron chi connectivity index (χ1n) is 17.7. The molecule has 0 aliphatic rings. The lowest BCUT2D eigenvalue weighted by molar-refractivity contribution is -0.158. The second-order valence-electron chi connectivity index (χ2n) is 12.0. The standard InChI is InChI=1S/C35H69NO4/c1-3-5-7-9-11-13-15-17-19-21-23-25-27-29-34(37)39-32-33(31-36)40-35(38)30-28-26-24-22-20-18-16-14-12-10-8-6-4-2/h33H,3-32,36H2,1-2H3/t33-/m1/s1. The fourth-order valence-corrected chi connectivity index (χ4v) is 5.23. The summed E-state index contributed by atoms with van der Waals surface area (Å²) in [5, 5.41) is 0. The van der Waals surface area contributed by atoms with Crippen LogP contribution in [0.1, 0.15) is 194 Å². The molecule has 0 amide bonds. The Hall–Kier alpha value is -1.10. The molecule has 0 heterocycles. The van der Waals surface area contributed by atoms with E-state index in [-0.39, 0.29) is 25.1 Å². The number of carbonyl (C=O) groups is 2. The van der Waals surface area contributed by atoms with Crippen LogP contribution in [0.15, 0.2) is 0 Å². The Morgan fingerprint density at radius 2 is 0.775 bits per heavy atom. The first kappa shape index (κ1) is 38.9. The highest BCUT2D eigenvalue weighted by Gasteiger charge is 2.15. The van der Waals surface area contributed by atoms with Crippen LogP contribution in [0.5, 0.6) is 0 Å². The van der Waals surface area contributed by atoms with Crippen LogP contribution in [0, 0.1) is 0 Å². The van der Waals surface area contributed by atoms with E-state index >= 15 is 0 Å². The molecule has 5 heteroatoms. The Bertz CT molecular complexity index is 539. The van der Waals surface area contributed by atoms with Crippen LogP contribution in [-0.4, -0.2) is 31.2 Å². The third kappa shape index (κ3) is 29.9. The van der Waals surface area contributed by atoms with Crippen molar-refractivity contribution in [2.45, 2.75) is 200 Å². The molecule has 0 rings (SSSR count). The van der Waals surface area contributed by atoms with Crippen LogP contribution in [-0.2, 0) is 19.1 Å². The molecule has 0 saturated heterocycles. The molecule has 0 aromatic carbocycles. The minimum absolute atomic E-state index is 0.0676. The number of ether oxygens (including phenoxy) is 2. The maximum Gasteiger partial charge on any atom is 0.306 e. The Labute approximate surface area is 249 Å². The van der Waals surface area contributed by atoms with Gasteiger partial charge in [-0.15, -0.1) is 0 Å². The van der Waals surface area contributed by atoms with Gasteiger partial charge < -0.3 is 15.2 Å². The summed E-state index contributed by atoms with van der Waals surface area (Å²) in [6, 6.07) is 0. The molecule has 0 spiro atoms. The van der Waals surface area contributed by atoms with Crippen molar-refractivity contribution in [1.82, 2.24) is 0 Å². The van der Waals surface area contributed by atoms with Crippen LogP contribution >= 0.6 is 0 Å². The average Bonchev–Trinajstić information content (AvgIpc) is 2.96. The zero-order valence-electron chi connectivity index (χ0n) is 27.0. The van der Waals surface area contributed by atoms with Crippen LogP contribution < -0.4 is 5.73 Å². The second kappa shape index (κ2) is 32.4. The normalized spacial score (nSPS) is 12.0. The zero-order valence-corrected chi connectivity index (χ0v) is 27.0. The smallest absolute Gasteiger partial charge is 0.306 e. The second-order valence-corrected chi connectivity index (χ2v) is 12.0. The van der Waals surface area contributed by atoms with Crippen molar-refractivity contribution in [2.24, 2.45) is 5.73 Å². The molecule has 0 bridgehead atoms. The maximum absolute atomic E-state index is 12.1. The topological polar surface area (TPSA) is 78.6 Å². The highest BCUT2D eigenvalue weighted by molar-refractivity contribution is 5.70. The van der Waals surface area contributed by atoms with E-state index in [1.54, 1.807) is 0 Å². The van der Waals surface area contributed by atoms with Gasteiger partial charge in [0.05, 0.1) is 0 Å². The van der Waals surface area contributed by atoms with Crippen molar-refractivity contribution in [1.29, 1.82) is 0 Å². The molecule has 0 aliphatic carbocycles. The van der Waals surface area contributed by atoms with E-state index in [0.717, 1.165) is 25.7 Å². The minimum Gasteiger partial charge on any atom is -0.462 e. The Morgan fingerprint density at radius 1 is 0.475 bits per heavy atom. The van der Waals surface area contributed by atoms with Gasteiger partial charge in [0.15, 0.2) is 0 Å². The number of nitrogens with two attached hydrogens (primary N) is 1. The molecule has 0 unspecified atom stereocenters. The summed E-state index contributed by atoms with van der Waals surface area (Å²) < 4.78 is 10.8. The third-order valence-electron chi connectivity index (χ3n) is 7.96. The molecule has 0 fully saturated rings. The summed E-state index contributed by atoms with van der Waals surface area (Å²) in [6.07, 6.45) is 33.6. The van der Waals surface area contributed by atoms with Gasteiger partial charge in [0, 0.05) is 19.4 Å². The molecule has 238 valence electrons. The van der Waals surface area contributed by atoms with Crippen LogP contribution in [0.4, 0.5) is 0 Å². The van der Waals surface area contributed by atoms with E-state index in [1.165, 1.54) is 141 Å². The largest absolute Gasteiger partial charge is 0.462 e. The van der Waals surface area contributed by atoms with Crippen LogP contribution in [0.3, 0.4) is 0 Å². The number of esters is 2. The number of hydrogen-bond acceptors (Lipinski definition) is 5. The Balaban J connectivity index is 3.53. The van der Waals surface area contributed by atoms with Crippen molar-refractivity contribution >= 4 is 11.9 Å². The van der Waals surface area contributed by atoms with Gasteiger partial charge in [-0.2, -0.15) is 0 Å². The predicted molar refractivity (Wildman–Crippen MR) is 171 cm³/mol. The van der Waals surface area contributed by atoms with Crippen molar-refractivity contribution < 1.29 is 19.1 Å². The number of hydrogen-bond donors (Lipinski definition) is 1. The monoisotopic (exact) mass is 568 g/mol. The lowest BCUT2D eigenvalue weighted by atomic mass is 10.0. The highest BCUT2D eigenvalue weighted by atomic mass is 16.6. The fourth-order valence-electron chi connectivity index (χ4n) is 5.23. The molecule has 0 saturated carbocycles. The van der Waals surface area contributed by atoms with Gasteiger partial charge in [-0.1, -0.05) is 168 Å². The lowest BCUT2D eigenvalue weighted by Crippen LogP contribution is -2.32. The third-order valence-corrected chi connectivity index (χ3v) is 7.96. The van der Waals surface area contributed by atoms with Gasteiger partial charge in [-0.25, -0.2) is 0 Å². The molecule has 5 nitrogen and oxygen atoms in total. The summed E-state index contributed by atoms with van der Waals surface area (Å²) in [5.41, 5.74) is 5.74. The van der Waals surface area contributed by atoms with Crippen LogP contribution in [0.25, 0.3) is 0 Å². The molecule has 0 aromatic heterocycles. The summed E-state index contributed by atoms with van der Waals surface area (Å²) >= 11 is 0. The van der Waals surface area contributed by atoms with Gasteiger partial charge in [-0.05, 0) is 12.8 Å². The number of rotatable bonds is 32. The Kier molecular flexibility index (Phi) is 31.5. The molecule has 0 radical (unpaired) electrons. The predicted octanol–water partition coefficient (Wildman–Crippen LogP) is 10.4. The van der Waals surface area contributed by atoms with Gasteiger partial charge in [0.2, 0.25) is 0 Å². The highest BCUT2D eigenvalue weighted by Crippen LogP contribution is 2.15. The molecule has 0 aromatic rings. The van der Waals surface area contributed by atoms with Crippen LogP contribution in [0.2, 0.25) is 0 Å². The van der Waals surface area contributed by atoms with Crippen molar-refractivity contribution in [3.05, 3.63) is 0 Å². The van der Waals surface area contributed by atoms with E-state index in [0.29, 0.717) is 12.8 Å². The van der Waals surface area contributed by atoms with Crippen molar-refractivity contribution in [2.75, 3.05) is 13.2 Å². The zero-order chi connectivity index (χ0) is 29.4. The molecule has 40 heavy (non-hydrogen) atoms. The molecule has 2 N–H and O–H groups in total. The number of unbranched alkanes of at least 4 members (excludes halogenated alkanes) is 24. The molecule has 0 aliphatic heterocycles. The average molecular weight is 568 g/mol. The first-order valence-corrected chi connectivity index (χ1v) is 17.7. The first-order chi connectivity index (χ1) is 19.6. The van der Waals surface area contributed by atoms with Gasteiger partial charge in [0.1, 0.15) is 12.7 Å². The summed E-state index contributed by atoms with van der Waals surface area (Å²) in [5.74, 6) is -0.444. The lowest BCUT2D eigenvalue weighted by Gasteiger charge is -2.16. The van der Waals surface area contributed by atoms with E-state index in [2.05, 4.69) is 13.8 Å². The van der Waals surface area contributed by atoms with Gasteiger partial charge in [-0.3, -0.25) is 9.59 Å². The Morgan fingerprint density at radius 3 is 1.10 bits per heavy atom. The van der Waals surface area contributed by atoms with Gasteiger partial charge in [0.25, 0.3) is 0 Å². The summed E-state index contributed by atoms with van der Waals surface area (Å²) in [7, 11) is 0. The number of carbonyl (C=O) groups excluding carboxylic acids is 2. The van der Waals surface area contributed by atoms with E-state index in [9.17, 15) is 9.59 Å². The van der Waals surface area contributed by atoms with Crippen molar-refractivity contribution in [3.63, 3.8) is 0 Å². The van der Waals surface area contributed by atoms with E-state index in [4.69, 9.17) is 15.2 Å². The van der Waals surface area contributed by atoms with Gasteiger partial charge >= 0.3 is 11.9 Å². The quantitative estimate of drug-likeness (QED) is 0.0646. The summed E-state index contributed by atoms with van der Waals surface area (Å²) in [4.78, 5) is 24.2. The van der Waals surface area contributed by atoms with Crippen molar-refractivity contribution in [3.8, 4) is 0 Å². The van der Waals surface area contributed by atoms with E-state index < -0.39 is 6.10 Å². The molecular weight excluding hydrogens is 498 g/mol. The molecular formula is C35H69NO4. The summed E-state index contributed by atoms with van der Waals surface area (Å²) in [6.45, 7) is 4.77. The SMILES string of the molecule is CCCCCCCCCCCCCCCC(=O)OC[C@@H](CN)OC(=O)CCCCCCCCCCCCCCC. The molecule has 1 atom stereocenters. The van der Waals surface area contributed by atoms with E-state index in [1.807, 2.05) is 0 Å². The fraction of sp³-hybridized carbons (Fsp3) is 0.943.